The summed E-state index contributed by atoms with van der Waals surface area (Å²) in [4.78, 5) is 19.1. The molecule has 1 aliphatic rings. The summed E-state index contributed by atoms with van der Waals surface area (Å²) >= 11 is 9.70. The van der Waals surface area contributed by atoms with Gasteiger partial charge >= 0.3 is 5.69 Å². The van der Waals surface area contributed by atoms with E-state index in [4.69, 9.17) is 11.6 Å². The van der Waals surface area contributed by atoms with Crippen LogP contribution in [0.25, 0.3) is 16.6 Å². The molecule has 0 radical (unpaired) electrons. The molecule has 0 aliphatic carbocycles. The SMILES string of the molecule is O=c1nc(N2CC[C@@H](O)C2)c2ccc(Cl)cc2n1-c1ccccc1Br. The zero-order valence-electron chi connectivity index (χ0n) is 13.2. The average Bonchev–Trinajstić information content (AvgIpc) is 3.01. The second-order valence-corrected chi connectivity index (χ2v) is 7.35. The Kier molecular flexibility index (Phi) is 4.27. The van der Waals surface area contributed by atoms with Gasteiger partial charge in [-0.3, -0.25) is 4.57 Å². The summed E-state index contributed by atoms with van der Waals surface area (Å²) in [5.41, 5.74) is 1.02. The molecule has 1 aromatic heterocycles. The van der Waals surface area contributed by atoms with Crippen LogP contribution in [-0.4, -0.2) is 33.9 Å². The number of anilines is 1. The Morgan fingerprint density at radius 3 is 2.76 bits per heavy atom. The molecule has 25 heavy (non-hydrogen) atoms. The first-order valence-electron chi connectivity index (χ1n) is 7.95. The zero-order chi connectivity index (χ0) is 17.6. The number of benzene rings is 2. The smallest absolute Gasteiger partial charge is 0.354 e. The highest BCUT2D eigenvalue weighted by atomic mass is 79.9. The van der Waals surface area contributed by atoms with Crippen LogP contribution in [0, 0.1) is 0 Å². The number of aromatic nitrogens is 2. The first-order chi connectivity index (χ1) is 12.0. The maximum atomic E-state index is 12.9. The van der Waals surface area contributed by atoms with Gasteiger partial charge in [-0.2, -0.15) is 4.98 Å². The van der Waals surface area contributed by atoms with E-state index in [2.05, 4.69) is 20.9 Å². The molecule has 0 amide bonds. The van der Waals surface area contributed by atoms with E-state index in [1.165, 1.54) is 0 Å². The quantitative estimate of drug-likeness (QED) is 0.690. The lowest BCUT2D eigenvalue weighted by molar-refractivity contribution is 0.198. The van der Waals surface area contributed by atoms with Gasteiger partial charge in [-0.25, -0.2) is 4.79 Å². The Morgan fingerprint density at radius 2 is 2.04 bits per heavy atom. The Hall–Kier alpha value is -1.89. The molecular formula is C18H15BrClN3O2. The van der Waals surface area contributed by atoms with Crippen LogP contribution in [0.2, 0.25) is 5.02 Å². The van der Waals surface area contributed by atoms with Crippen molar-refractivity contribution in [3.8, 4) is 5.69 Å². The molecule has 1 aliphatic heterocycles. The molecule has 0 bridgehead atoms. The highest BCUT2D eigenvalue weighted by molar-refractivity contribution is 9.10. The normalized spacial score (nSPS) is 17.4. The van der Waals surface area contributed by atoms with Gasteiger partial charge in [-0.05, 0) is 52.7 Å². The number of halogens is 2. The van der Waals surface area contributed by atoms with E-state index in [-0.39, 0.29) is 5.69 Å². The third-order valence-electron chi connectivity index (χ3n) is 4.39. The summed E-state index contributed by atoms with van der Waals surface area (Å²) in [6.07, 6.45) is 0.277. The van der Waals surface area contributed by atoms with Gasteiger partial charge in [0.25, 0.3) is 0 Å². The topological polar surface area (TPSA) is 58.4 Å². The molecule has 1 saturated heterocycles. The van der Waals surface area contributed by atoms with E-state index >= 15 is 0 Å². The van der Waals surface area contributed by atoms with Crippen molar-refractivity contribution in [3.63, 3.8) is 0 Å². The molecule has 4 rings (SSSR count). The summed E-state index contributed by atoms with van der Waals surface area (Å²) in [5, 5.41) is 11.2. The molecule has 2 heterocycles. The summed E-state index contributed by atoms with van der Waals surface area (Å²) < 4.78 is 2.35. The van der Waals surface area contributed by atoms with Crippen LogP contribution in [0.1, 0.15) is 6.42 Å². The van der Waals surface area contributed by atoms with Crippen molar-refractivity contribution < 1.29 is 5.11 Å². The maximum Gasteiger partial charge on any atom is 0.354 e. The van der Waals surface area contributed by atoms with Crippen molar-refractivity contribution in [1.82, 2.24) is 9.55 Å². The lowest BCUT2D eigenvalue weighted by Crippen LogP contribution is -2.29. The summed E-state index contributed by atoms with van der Waals surface area (Å²) in [7, 11) is 0. The Balaban J connectivity index is 2.03. The van der Waals surface area contributed by atoms with Gasteiger partial charge in [0.1, 0.15) is 5.82 Å². The molecule has 128 valence electrons. The standard InChI is InChI=1S/C18H15BrClN3O2/c19-14-3-1-2-4-15(14)23-16-9-11(20)5-6-13(16)17(21-18(23)25)22-8-7-12(24)10-22/h1-6,9,12,24H,7-8,10H2/t12-/m1/s1. The van der Waals surface area contributed by atoms with Crippen molar-refractivity contribution in [2.75, 3.05) is 18.0 Å². The molecule has 7 heteroatoms. The molecule has 0 unspecified atom stereocenters. The summed E-state index contributed by atoms with van der Waals surface area (Å²) in [6.45, 7) is 1.15. The highest BCUT2D eigenvalue weighted by Crippen LogP contribution is 2.31. The van der Waals surface area contributed by atoms with Crippen LogP contribution < -0.4 is 10.6 Å². The predicted molar refractivity (Wildman–Crippen MR) is 103 cm³/mol. The fraction of sp³-hybridized carbons (Fsp3) is 0.222. The molecule has 1 fully saturated rings. The monoisotopic (exact) mass is 419 g/mol. The fourth-order valence-corrected chi connectivity index (χ4v) is 3.85. The Morgan fingerprint density at radius 1 is 1.24 bits per heavy atom. The molecular weight excluding hydrogens is 406 g/mol. The minimum absolute atomic E-state index is 0.377. The first kappa shape index (κ1) is 16.6. The fourth-order valence-electron chi connectivity index (χ4n) is 3.22. The van der Waals surface area contributed by atoms with E-state index < -0.39 is 6.10 Å². The molecule has 0 spiro atoms. The van der Waals surface area contributed by atoms with Gasteiger partial charge in [-0.1, -0.05) is 23.7 Å². The second kappa shape index (κ2) is 6.44. The van der Waals surface area contributed by atoms with E-state index in [0.29, 0.717) is 41.6 Å². The lowest BCUT2D eigenvalue weighted by Gasteiger charge is -2.20. The number of rotatable bonds is 2. The number of hydrogen-bond acceptors (Lipinski definition) is 4. The van der Waals surface area contributed by atoms with Crippen LogP contribution in [0.4, 0.5) is 5.82 Å². The molecule has 5 nitrogen and oxygen atoms in total. The molecule has 0 saturated carbocycles. The highest BCUT2D eigenvalue weighted by Gasteiger charge is 2.25. The van der Waals surface area contributed by atoms with Crippen molar-refractivity contribution in [3.05, 3.63) is 62.4 Å². The van der Waals surface area contributed by atoms with Gasteiger partial charge in [0, 0.05) is 28.0 Å². The Labute approximate surface area is 157 Å². The maximum absolute atomic E-state index is 12.9. The predicted octanol–water partition coefficient (Wildman–Crippen LogP) is 3.37. The average molecular weight is 421 g/mol. The van der Waals surface area contributed by atoms with Crippen LogP contribution in [0.3, 0.4) is 0 Å². The van der Waals surface area contributed by atoms with Gasteiger partial charge in [0.05, 0.1) is 17.3 Å². The minimum atomic E-state index is -0.394. The van der Waals surface area contributed by atoms with Gasteiger partial charge in [0.15, 0.2) is 0 Å². The molecule has 3 aromatic rings. The van der Waals surface area contributed by atoms with E-state index in [1.54, 1.807) is 16.7 Å². The largest absolute Gasteiger partial charge is 0.391 e. The third-order valence-corrected chi connectivity index (χ3v) is 5.30. The van der Waals surface area contributed by atoms with Crippen LogP contribution in [-0.2, 0) is 0 Å². The molecule has 1 N–H and O–H groups in total. The summed E-state index contributed by atoms with van der Waals surface area (Å²) in [5.74, 6) is 0.594. The van der Waals surface area contributed by atoms with Crippen LogP contribution in [0.15, 0.2) is 51.7 Å². The number of β-amino-alcohol motifs (C(OH)–C–C–N with tert-alkyl or cyclic N) is 1. The van der Waals surface area contributed by atoms with Gasteiger partial charge < -0.3 is 10.0 Å². The van der Waals surface area contributed by atoms with Gasteiger partial charge in [-0.15, -0.1) is 0 Å². The van der Waals surface area contributed by atoms with Crippen molar-refractivity contribution in [1.29, 1.82) is 0 Å². The lowest BCUT2D eigenvalue weighted by atomic mass is 10.2. The van der Waals surface area contributed by atoms with Crippen molar-refractivity contribution in [2.24, 2.45) is 0 Å². The van der Waals surface area contributed by atoms with E-state index in [0.717, 1.165) is 9.86 Å². The zero-order valence-corrected chi connectivity index (χ0v) is 15.5. The second-order valence-electron chi connectivity index (χ2n) is 6.05. The van der Waals surface area contributed by atoms with Crippen molar-refractivity contribution in [2.45, 2.75) is 12.5 Å². The number of hydrogen-bond donors (Lipinski definition) is 1. The van der Waals surface area contributed by atoms with Gasteiger partial charge in [0.2, 0.25) is 0 Å². The molecule has 2 aromatic carbocycles. The van der Waals surface area contributed by atoms with E-state index in [1.807, 2.05) is 35.2 Å². The minimum Gasteiger partial charge on any atom is -0.391 e. The Bertz CT molecular complexity index is 1020. The van der Waals surface area contributed by atoms with Crippen molar-refractivity contribution >= 4 is 44.3 Å². The summed E-state index contributed by atoms with van der Waals surface area (Å²) in [6, 6.07) is 12.9. The third kappa shape index (κ3) is 2.94. The number of nitrogens with zero attached hydrogens (tertiary/aromatic N) is 3. The van der Waals surface area contributed by atoms with E-state index in [9.17, 15) is 9.90 Å². The first-order valence-corrected chi connectivity index (χ1v) is 9.12. The van der Waals surface area contributed by atoms with Crippen LogP contribution in [0.5, 0.6) is 0 Å². The number of para-hydroxylation sites is 1. The molecule has 1 atom stereocenters. The number of aliphatic hydroxyl groups is 1. The van der Waals surface area contributed by atoms with Crippen LogP contribution >= 0.6 is 27.5 Å². The number of fused-ring (bicyclic) bond motifs is 1. The number of aliphatic hydroxyl groups excluding tert-OH is 1.